The van der Waals surface area contributed by atoms with E-state index in [2.05, 4.69) is 201 Å². The third kappa shape index (κ3) is 24.2. The minimum atomic E-state index is -0.758. The molecule has 342 valence electrons. The van der Waals surface area contributed by atoms with Gasteiger partial charge in [-0.05, 0) is 90.2 Å². The van der Waals surface area contributed by atoms with Gasteiger partial charge in [0, 0.05) is 18.8 Å². The molecule has 0 aliphatic carbocycles. The molecule has 0 amide bonds. The van der Waals surface area contributed by atoms with Crippen LogP contribution in [0.4, 0.5) is 5.69 Å². The van der Waals surface area contributed by atoms with Crippen molar-refractivity contribution in [3.05, 3.63) is 259 Å². The Hall–Kier alpha value is -5.41. The Balaban J connectivity index is 0.000000511. The van der Waals surface area contributed by atoms with Crippen LogP contribution in [0.5, 0.6) is 0 Å². The van der Waals surface area contributed by atoms with E-state index in [1.54, 1.807) is 0 Å². The van der Waals surface area contributed by atoms with E-state index in [4.69, 9.17) is 20.4 Å². The summed E-state index contributed by atoms with van der Waals surface area (Å²) < 4.78 is 0. The van der Waals surface area contributed by atoms with E-state index in [1.807, 2.05) is 60.7 Å². The van der Waals surface area contributed by atoms with Crippen LogP contribution in [0, 0.1) is 0 Å². The summed E-state index contributed by atoms with van der Waals surface area (Å²) in [6.45, 7) is 8.77. The minimum absolute atomic E-state index is 0. The molecular formula is C57H63ClN2O3P2Ru+2. The number of nitrogens with one attached hydrogen (secondary N) is 1. The quantitative estimate of drug-likeness (QED) is 0.0293. The topological polar surface area (TPSA) is 92.4 Å². The van der Waals surface area contributed by atoms with Gasteiger partial charge in [0.2, 0.25) is 0 Å². The molecule has 8 rings (SSSR count). The van der Waals surface area contributed by atoms with Gasteiger partial charge in [0.15, 0.2) is 0 Å². The Bertz CT molecular complexity index is 2070. The number of aliphatic hydroxyl groups excluding tert-OH is 1. The normalized spacial score (nSPS) is 9.50. The molecule has 0 aliphatic heterocycles. The first-order valence-corrected chi connectivity index (χ1v) is 24.8. The van der Waals surface area contributed by atoms with Crippen LogP contribution in [0.2, 0.25) is 0 Å². The van der Waals surface area contributed by atoms with Crippen molar-refractivity contribution in [2.24, 2.45) is 0 Å². The Morgan fingerprint density at radius 1 is 0.379 bits per heavy atom. The third-order valence-electron chi connectivity index (χ3n) is 9.81. The standard InChI is InChI=1S/C28H29NP2.C14H14.C7H8O.C6H7N.2CHO.ClH.Ru.H/c1-5-13-25(14-6-1)30(26-15-7-2-8-16-26)23-21-29-22-24-31(27-17-9-3-10-18-27)28-19-11-4-12-20-28;1-3-7-13(8-4-1)11-12-14-9-5-2-6-10-14;8-6-7-4-2-1-3-5-7;7-6-4-2-1-3-5-6;2*1-2;;;/h1-20,29H,21-24H2;1-10H,11-12H2;1-5,8H,6H2;1-5H,7H2;2*1H;1H;;/q;;;;2*-1;;+3;/p+1. The predicted octanol–water partition coefficient (Wildman–Crippen LogP) is 6.41. The first-order chi connectivity index (χ1) is 31.7. The van der Waals surface area contributed by atoms with Gasteiger partial charge >= 0.3 is 19.5 Å². The van der Waals surface area contributed by atoms with Crippen molar-refractivity contribution >= 4 is 56.3 Å². The Labute approximate surface area is 415 Å². The summed E-state index contributed by atoms with van der Waals surface area (Å²) >= 11 is 0. The Kier molecular flexibility index (Phi) is 34.5. The molecule has 5 nitrogen and oxygen atoms in total. The van der Waals surface area contributed by atoms with E-state index >= 15 is 0 Å². The summed E-state index contributed by atoms with van der Waals surface area (Å²) in [6, 6.07) is 84.5. The molecule has 8 aromatic carbocycles. The van der Waals surface area contributed by atoms with Crippen LogP contribution in [0.3, 0.4) is 0 Å². The van der Waals surface area contributed by atoms with Crippen molar-refractivity contribution in [3.8, 4) is 0 Å². The van der Waals surface area contributed by atoms with Crippen LogP contribution in [-0.2, 0) is 48.5 Å². The molecule has 0 saturated heterocycles. The molecule has 8 aromatic rings. The number of carbonyl (C=O) groups excluding carboxylic acids is 2. The van der Waals surface area contributed by atoms with Gasteiger partial charge in [0.1, 0.15) is 0 Å². The van der Waals surface area contributed by atoms with Gasteiger partial charge in [-0.3, -0.25) is 13.6 Å². The van der Waals surface area contributed by atoms with E-state index in [0.717, 1.165) is 37.2 Å². The maximum Gasteiger partial charge on any atom is 0.0967 e. The summed E-state index contributed by atoms with van der Waals surface area (Å²) in [5.74, 6) is 0. The summed E-state index contributed by atoms with van der Waals surface area (Å²) in [7, 11) is -1.52. The first-order valence-electron chi connectivity index (χ1n) is 21.3. The van der Waals surface area contributed by atoms with Gasteiger partial charge in [-0.2, -0.15) is 0 Å². The number of nitrogen functional groups attached to an aromatic ring is 1. The van der Waals surface area contributed by atoms with Crippen LogP contribution < -0.4 is 44.7 Å². The second-order valence-electron chi connectivity index (χ2n) is 14.2. The van der Waals surface area contributed by atoms with E-state index < -0.39 is 15.8 Å². The van der Waals surface area contributed by atoms with E-state index in [-0.39, 0.29) is 38.5 Å². The van der Waals surface area contributed by atoms with E-state index in [1.165, 1.54) is 44.7 Å². The number of rotatable bonds is 14. The fourth-order valence-electron chi connectivity index (χ4n) is 6.63. The zero-order chi connectivity index (χ0) is 45.7. The zero-order valence-corrected chi connectivity index (χ0v) is 41.9. The molecule has 4 N–H and O–H groups in total. The number of para-hydroxylation sites is 1. The van der Waals surface area contributed by atoms with Crippen molar-refractivity contribution in [1.29, 1.82) is 0 Å². The maximum absolute atomic E-state index is 8.54. The van der Waals surface area contributed by atoms with Gasteiger partial charge in [0.25, 0.3) is 0 Å². The number of aryl methyl sites for hydroxylation is 2. The number of benzene rings is 8. The average molecular weight is 1020 g/mol. The molecule has 0 saturated carbocycles. The molecule has 0 unspecified atom stereocenters. The number of aliphatic hydroxyl groups is 1. The van der Waals surface area contributed by atoms with Crippen molar-refractivity contribution in [3.63, 3.8) is 0 Å². The van der Waals surface area contributed by atoms with Gasteiger partial charge in [-0.15, -0.1) is 0 Å². The van der Waals surface area contributed by atoms with Crippen molar-refractivity contribution in [1.82, 2.24) is 5.32 Å². The van der Waals surface area contributed by atoms with Crippen molar-refractivity contribution in [2.45, 2.75) is 19.4 Å². The molecule has 0 heterocycles. The van der Waals surface area contributed by atoms with Gasteiger partial charge < -0.3 is 38.2 Å². The number of hydrogen-bond donors (Lipinski definition) is 3. The summed E-state index contributed by atoms with van der Waals surface area (Å²) in [6.07, 6.45) is 4.67. The monoisotopic (exact) mass is 1020 g/mol. The molecule has 0 bridgehead atoms. The number of hydrogen-bond acceptors (Lipinski definition) is 5. The maximum atomic E-state index is 8.54. The fraction of sp³-hybridized carbons (Fsp3) is 0.123. The number of halogens is 1. The van der Waals surface area contributed by atoms with Crippen LogP contribution in [0.1, 0.15) is 16.7 Å². The van der Waals surface area contributed by atoms with Crippen LogP contribution in [-0.4, -0.2) is 44.1 Å². The summed E-state index contributed by atoms with van der Waals surface area (Å²) in [5, 5.41) is 18.3. The predicted molar refractivity (Wildman–Crippen MR) is 282 cm³/mol. The Morgan fingerprint density at radius 2 is 0.606 bits per heavy atom. The van der Waals surface area contributed by atoms with Crippen LogP contribution in [0.25, 0.3) is 0 Å². The molecule has 1 radical (unpaired) electrons. The van der Waals surface area contributed by atoms with Crippen LogP contribution in [0.15, 0.2) is 243 Å². The summed E-state index contributed by atoms with van der Waals surface area (Å²) in [4.78, 5) is 15.5. The smallest absolute Gasteiger partial charge is 0.0967 e. The molecule has 66 heavy (non-hydrogen) atoms. The largest absolute Gasteiger partial charge is 0.310 e. The zero-order valence-electron chi connectivity index (χ0n) is 37.3. The second-order valence-corrected chi connectivity index (χ2v) is 19.4. The van der Waals surface area contributed by atoms with E-state index in [9.17, 15) is 0 Å². The van der Waals surface area contributed by atoms with Gasteiger partial charge in [-0.1, -0.05) is 182 Å². The number of nitrogens with two attached hydrogens (primary N) is 1. The minimum Gasteiger partial charge on any atom is -0.310 e. The molecule has 0 spiro atoms. The first kappa shape index (κ1) is 58.6. The molecule has 0 aliphatic rings. The molecule has 0 atom stereocenters. The average Bonchev–Trinajstić information content (AvgIpc) is 3.39. The van der Waals surface area contributed by atoms with Crippen molar-refractivity contribution in [2.75, 3.05) is 31.1 Å². The molecule has 0 aromatic heterocycles. The Morgan fingerprint density at radius 3 is 0.818 bits per heavy atom. The number of anilines is 1. The molecule has 9 heteroatoms. The fourth-order valence-corrected chi connectivity index (χ4v) is 11.7. The van der Waals surface area contributed by atoms with Crippen LogP contribution >= 0.6 is 15.8 Å². The summed E-state index contributed by atoms with van der Waals surface area (Å²) in [5.41, 5.74) is 9.97. The van der Waals surface area contributed by atoms with Gasteiger partial charge in [-0.25, -0.2) is 0 Å². The molecular weight excluding hydrogens is 959 g/mol. The second kappa shape index (κ2) is 38.8. The van der Waals surface area contributed by atoms with Gasteiger partial charge in [0.05, 0.1) is 56.0 Å². The van der Waals surface area contributed by atoms with Crippen molar-refractivity contribution < 1.29 is 46.6 Å². The van der Waals surface area contributed by atoms with E-state index in [0.29, 0.717) is 0 Å². The third-order valence-corrected chi connectivity index (χ3v) is 15.4. The SMILES string of the molecule is Nc1ccccc1.OCc1ccccc1.[CH-]=O.[CH-]=O.[Cl-].[RuH+3].c1ccc(CCc2ccccc2)cc1.c1ccc([PH+](CCNCC[PH+](c2ccccc2)c2ccccc2)c2ccccc2)cc1. The molecule has 0 fully saturated rings.